The zero-order valence-electron chi connectivity index (χ0n) is 17.9. The molecule has 0 saturated carbocycles. The maximum atomic E-state index is 12.9. The van der Waals surface area contributed by atoms with Crippen LogP contribution in [0.2, 0.25) is 0 Å². The minimum absolute atomic E-state index is 0.0268. The van der Waals surface area contributed by atoms with Gasteiger partial charge in [0.05, 0.1) is 12.3 Å². The molecule has 2 aromatic carbocycles. The third-order valence-corrected chi connectivity index (χ3v) is 5.46. The van der Waals surface area contributed by atoms with Crippen LogP contribution in [0.5, 0.6) is 11.5 Å². The van der Waals surface area contributed by atoms with Crippen LogP contribution in [0.15, 0.2) is 71.3 Å². The highest BCUT2D eigenvalue weighted by Gasteiger charge is 2.25. The van der Waals surface area contributed by atoms with Crippen LogP contribution in [0.3, 0.4) is 0 Å². The second-order valence-electron chi connectivity index (χ2n) is 8.04. The maximum absolute atomic E-state index is 12.9. The zero-order chi connectivity index (χ0) is 21.6. The fraction of sp³-hybridized carbons (Fsp3) is 0.320. The Morgan fingerprint density at radius 2 is 1.74 bits per heavy atom. The molecular weight excluding hydrogens is 392 g/mol. The average Bonchev–Trinajstić information content (AvgIpc) is 3.32. The first-order valence-corrected chi connectivity index (χ1v) is 10.7. The molecule has 2 heterocycles. The van der Waals surface area contributed by atoms with Crippen molar-refractivity contribution in [2.75, 3.05) is 19.8 Å². The third kappa shape index (κ3) is 5.09. The van der Waals surface area contributed by atoms with Crippen molar-refractivity contribution in [1.82, 2.24) is 5.32 Å². The summed E-state index contributed by atoms with van der Waals surface area (Å²) in [6, 6.07) is 19.6. The summed E-state index contributed by atoms with van der Waals surface area (Å²) in [6.45, 7) is 5.58. The van der Waals surface area contributed by atoms with Gasteiger partial charge in [-0.15, -0.1) is 0 Å². The molecule has 1 aliphatic rings. The summed E-state index contributed by atoms with van der Waals surface area (Å²) in [5.41, 5.74) is 2.11. The summed E-state index contributed by atoms with van der Waals surface area (Å²) < 4.78 is 17.0. The van der Waals surface area contributed by atoms with Gasteiger partial charge in [-0.3, -0.25) is 4.79 Å². The van der Waals surface area contributed by atoms with Gasteiger partial charge in [0.1, 0.15) is 13.2 Å². The summed E-state index contributed by atoms with van der Waals surface area (Å²) in [7, 11) is 0. The molecule has 0 radical (unpaired) electrons. The van der Waals surface area contributed by atoms with Crippen molar-refractivity contribution in [2.24, 2.45) is 5.92 Å². The fourth-order valence-electron chi connectivity index (χ4n) is 3.89. The van der Waals surface area contributed by atoms with Crippen LogP contribution in [0, 0.1) is 5.92 Å². The van der Waals surface area contributed by atoms with Crippen LogP contribution in [0.25, 0.3) is 0 Å². The van der Waals surface area contributed by atoms with Gasteiger partial charge in [-0.2, -0.15) is 0 Å². The second kappa shape index (κ2) is 9.71. The molecule has 0 saturated heterocycles. The normalized spacial score (nSPS) is 14.8. The second-order valence-corrected chi connectivity index (χ2v) is 8.04. The Balaban J connectivity index is 1.44. The van der Waals surface area contributed by atoms with E-state index in [-0.39, 0.29) is 30.5 Å². The highest BCUT2D eigenvalue weighted by Crippen LogP contribution is 2.34. The number of carbonyl (C=O) groups is 1. The SMILES string of the molecule is CC(C)[C@H](NC(=O)C[NH2+][C@H](c1ccccc1)c1ccco1)c1ccc2c(c1)OCCO2. The van der Waals surface area contributed by atoms with Crippen LogP contribution in [0.4, 0.5) is 0 Å². The number of rotatable bonds is 8. The van der Waals surface area contributed by atoms with E-state index in [0.29, 0.717) is 13.2 Å². The molecule has 1 aromatic heterocycles. The number of quaternary nitrogens is 1. The van der Waals surface area contributed by atoms with Gasteiger partial charge in [0.25, 0.3) is 5.91 Å². The molecule has 3 N–H and O–H groups in total. The van der Waals surface area contributed by atoms with Crippen LogP contribution < -0.4 is 20.1 Å². The summed E-state index contributed by atoms with van der Waals surface area (Å²) in [5, 5.41) is 5.20. The van der Waals surface area contributed by atoms with Gasteiger partial charge in [-0.1, -0.05) is 50.2 Å². The molecule has 1 amide bonds. The Kier molecular flexibility index (Phi) is 6.57. The Labute approximate surface area is 182 Å². The molecule has 31 heavy (non-hydrogen) atoms. The summed E-state index contributed by atoms with van der Waals surface area (Å²) in [4.78, 5) is 12.9. The number of amides is 1. The van der Waals surface area contributed by atoms with Gasteiger partial charge < -0.3 is 24.5 Å². The smallest absolute Gasteiger partial charge is 0.275 e. The highest BCUT2D eigenvalue weighted by atomic mass is 16.6. The lowest BCUT2D eigenvalue weighted by Crippen LogP contribution is -2.87. The van der Waals surface area contributed by atoms with Crippen LogP contribution in [-0.2, 0) is 4.79 Å². The molecule has 162 valence electrons. The molecule has 0 spiro atoms. The van der Waals surface area contributed by atoms with Gasteiger partial charge in [-0.25, -0.2) is 0 Å². The Morgan fingerprint density at radius 3 is 2.45 bits per heavy atom. The number of fused-ring (bicyclic) bond motifs is 1. The first kappa shape index (κ1) is 21.0. The van der Waals surface area contributed by atoms with Crippen LogP contribution in [-0.4, -0.2) is 25.7 Å². The molecule has 4 rings (SSSR count). The lowest BCUT2D eigenvalue weighted by Gasteiger charge is -2.25. The molecule has 0 unspecified atom stereocenters. The van der Waals surface area contributed by atoms with Crippen molar-refractivity contribution in [3.8, 4) is 11.5 Å². The van der Waals surface area contributed by atoms with E-state index >= 15 is 0 Å². The van der Waals surface area contributed by atoms with E-state index in [4.69, 9.17) is 13.9 Å². The largest absolute Gasteiger partial charge is 0.486 e. The lowest BCUT2D eigenvalue weighted by molar-refractivity contribution is -0.678. The molecule has 2 atom stereocenters. The van der Waals surface area contributed by atoms with Gasteiger partial charge >= 0.3 is 0 Å². The predicted octanol–water partition coefficient (Wildman–Crippen LogP) is 3.22. The topological polar surface area (TPSA) is 77.3 Å². The van der Waals surface area contributed by atoms with Crippen molar-refractivity contribution < 1.29 is 24.0 Å². The van der Waals surface area contributed by atoms with Crippen molar-refractivity contribution in [3.05, 3.63) is 83.8 Å². The summed E-state index contributed by atoms with van der Waals surface area (Å²) in [6.07, 6.45) is 1.66. The van der Waals surface area contributed by atoms with Crippen LogP contribution in [0.1, 0.15) is 42.8 Å². The van der Waals surface area contributed by atoms with Crippen molar-refractivity contribution in [1.29, 1.82) is 0 Å². The van der Waals surface area contributed by atoms with Gasteiger partial charge in [0, 0.05) is 5.56 Å². The van der Waals surface area contributed by atoms with Crippen molar-refractivity contribution >= 4 is 5.91 Å². The monoisotopic (exact) mass is 421 g/mol. The number of furan rings is 1. The van der Waals surface area contributed by atoms with Gasteiger partial charge in [0.2, 0.25) is 0 Å². The Bertz CT molecular complexity index is 986. The standard InChI is InChI=1S/C25H28N2O4/c1-17(2)24(19-10-11-20-22(15-19)31-14-13-30-20)27-23(28)16-26-25(21-9-6-12-29-21)18-7-4-3-5-8-18/h3-12,15,17,24-26H,13-14,16H2,1-2H3,(H,27,28)/p+1/t24-,25+/m0/s1. The minimum atomic E-state index is -0.115. The first-order valence-electron chi connectivity index (χ1n) is 10.7. The Morgan fingerprint density at radius 1 is 0.968 bits per heavy atom. The van der Waals surface area contributed by atoms with E-state index in [1.54, 1.807) is 6.26 Å². The van der Waals surface area contributed by atoms with Crippen molar-refractivity contribution in [3.63, 3.8) is 0 Å². The number of hydrogen-bond donors (Lipinski definition) is 2. The zero-order valence-corrected chi connectivity index (χ0v) is 17.9. The minimum Gasteiger partial charge on any atom is -0.486 e. The number of nitrogens with one attached hydrogen (secondary N) is 1. The van der Waals surface area contributed by atoms with E-state index in [1.165, 1.54) is 0 Å². The molecule has 1 aliphatic heterocycles. The number of carbonyl (C=O) groups excluding carboxylic acids is 1. The predicted molar refractivity (Wildman–Crippen MR) is 117 cm³/mol. The van der Waals surface area contributed by atoms with E-state index in [1.807, 2.05) is 66.0 Å². The molecule has 3 aromatic rings. The van der Waals surface area contributed by atoms with Crippen LogP contribution >= 0.6 is 0 Å². The maximum Gasteiger partial charge on any atom is 0.275 e. The summed E-state index contributed by atoms with van der Waals surface area (Å²) in [5.74, 6) is 2.51. The molecular formula is C25H29N2O4+. The van der Waals surface area contributed by atoms with E-state index in [9.17, 15) is 4.79 Å². The van der Waals surface area contributed by atoms with Gasteiger partial charge in [-0.05, 0) is 35.7 Å². The van der Waals surface area contributed by atoms with E-state index in [0.717, 1.165) is 28.4 Å². The molecule has 0 fully saturated rings. The van der Waals surface area contributed by atoms with Gasteiger partial charge in [0.15, 0.2) is 29.8 Å². The molecule has 0 aliphatic carbocycles. The average molecular weight is 422 g/mol. The molecule has 0 bridgehead atoms. The lowest BCUT2D eigenvalue weighted by atomic mass is 9.95. The Hall–Kier alpha value is -3.25. The summed E-state index contributed by atoms with van der Waals surface area (Å²) >= 11 is 0. The fourth-order valence-corrected chi connectivity index (χ4v) is 3.89. The van der Waals surface area contributed by atoms with E-state index in [2.05, 4.69) is 19.2 Å². The number of nitrogens with two attached hydrogens (primary N) is 1. The third-order valence-electron chi connectivity index (χ3n) is 5.46. The molecule has 6 heteroatoms. The first-order chi connectivity index (χ1) is 15.1. The molecule has 6 nitrogen and oxygen atoms in total. The van der Waals surface area contributed by atoms with Crippen molar-refractivity contribution in [2.45, 2.75) is 25.9 Å². The number of ether oxygens (including phenoxy) is 2. The van der Waals surface area contributed by atoms with E-state index < -0.39 is 0 Å². The number of benzene rings is 2. The number of hydrogen-bond acceptors (Lipinski definition) is 4. The quantitative estimate of drug-likeness (QED) is 0.586. The highest BCUT2D eigenvalue weighted by molar-refractivity contribution is 5.77.